The maximum Gasteiger partial charge on any atom is 0.146 e. The Bertz CT molecular complexity index is 497. The maximum atomic E-state index is 13.8. The summed E-state index contributed by atoms with van der Waals surface area (Å²) in [7, 11) is 0. The van der Waals surface area contributed by atoms with Crippen molar-refractivity contribution >= 4 is 5.82 Å². The van der Waals surface area contributed by atoms with Crippen LogP contribution in [0.5, 0.6) is 0 Å². The second-order valence-corrected chi connectivity index (χ2v) is 3.78. The molecule has 1 heterocycles. The monoisotopic (exact) mass is 217 g/mol. The van der Waals surface area contributed by atoms with Crippen molar-refractivity contribution in [3.63, 3.8) is 0 Å². The lowest BCUT2D eigenvalue weighted by atomic mass is 10.0. The zero-order valence-electron chi connectivity index (χ0n) is 9.16. The van der Waals surface area contributed by atoms with Crippen molar-refractivity contribution in [1.29, 1.82) is 0 Å². The summed E-state index contributed by atoms with van der Waals surface area (Å²) in [5.41, 5.74) is 8.16. The first kappa shape index (κ1) is 10.5. The highest BCUT2D eigenvalue weighted by Crippen LogP contribution is 2.25. The predicted molar refractivity (Wildman–Crippen MR) is 61.3 cm³/mol. The Kier molecular flexibility index (Phi) is 2.56. The van der Waals surface area contributed by atoms with Gasteiger partial charge in [-0.1, -0.05) is 6.07 Å². The van der Waals surface area contributed by atoms with Gasteiger partial charge in [-0.2, -0.15) is 0 Å². The van der Waals surface area contributed by atoms with Gasteiger partial charge in [0.2, 0.25) is 0 Å². The fourth-order valence-electron chi connectivity index (χ4n) is 1.72. The number of anilines is 1. The standard InChI is InChI=1S/C12H12FN3/c1-7-5-8(2)12(9(13)6-7)10-3-4-11(14)16-15-10/h3-6H,1-2H3,(H2,14,16). The highest BCUT2D eigenvalue weighted by atomic mass is 19.1. The molecule has 0 aliphatic heterocycles. The number of aromatic nitrogens is 2. The van der Waals surface area contributed by atoms with Crippen LogP contribution in [0.15, 0.2) is 24.3 Å². The van der Waals surface area contributed by atoms with E-state index >= 15 is 0 Å². The summed E-state index contributed by atoms with van der Waals surface area (Å²) in [6.45, 7) is 3.71. The van der Waals surface area contributed by atoms with Crippen molar-refractivity contribution in [3.8, 4) is 11.3 Å². The van der Waals surface area contributed by atoms with E-state index < -0.39 is 0 Å². The van der Waals surface area contributed by atoms with Gasteiger partial charge >= 0.3 is 0 Å². The molecule has 0 fully saturated rings. The number of nitrogens with two attached hydrogens (primary N) is 1. The number of hydrogen-bond donors (Lipinski definition) is 1. The fraction of sp³-hybridized carbons (Fsp3) is 0.167. The van der Waals surface area contributed by atoms with Crippen LogP contribution in [0.4, 0.5) is 10.2 Å². The average molecular weight is 217 g/mol. The van der Waals surface area contributed by atoms with Gasteiger partial charge in [0, 0.05) is 5.56 Å². The van der Waals surface area contributed by atoms with Crippen molar-refractivity contribution < 1.29 is 4.39 Å². The first-order chi connectivity index (χ1) is 7.58. The molecule has 0 saturated carbocycles. The zero-order chi connectivity index (χ0) is 11.7. The lowest BCUT2D eigenvalue weighted by Gasteiger charge is -2.07. The van der Waals surface area contributed by atoms with Gasteiger partial charge in [-0.25, -0.2) is 4.39 Å². The molecule has 2 N–H and O–H groups in total. The predicted octanol–water partition coefficient (Wildman–Crippen LogP) is 2.48. The largest absolute Gasteiger partial charge is 0.382 e. The summed E-state index contributed by atoms with van der Waals surface area (Å²) in [5.74, 6) is 0.0468. The highest BCUT2D eigenvalue weighted by molar-refractivity contribution is 5.64. The van der Waals surface area contributed by atoms with E-state index in [0.29, 0.717) is 17.1 Å². The molecule has 16 heavy (non-hydrogen) atoms. The van der Waals surface area contributed by atoms with Gasteiger partial charge in [0.25, 0.3) is 0 Å². The third-order valence-corrected chi connectivity index (χ3v) is 2.37. The SMILES string of the molecule is Cc1cc(C)c(-c2ccc(N)nn2)c(F)c1. The molecule has 0 aliphatic rings. The van der Waals surface area contributed by atoms with Crippen molar-refractivity contribution in [2.45, 2.75) is 13.8 Å². The molecule has 2 rings (SSSR count). The first-order valence-electron chi connectivity index (χ1n) is 4.94. The smallest absolute Gasteiger partial charge is 0.146 e. The summed E-state index contributed by atoms with van der Waals surface area (Å²) in [6.07, 6.45) is 0. The number of rotatable bonds is 1. The molecule has 0 aliphatic carbocycles. The summed E-state index contributed by atoms with van der Waals surface area (Å²) in [6, 6.07) is 6.68. The van der Waals surface area contributed by atoms with Gasteiger partial charge in [0.05, 0.1) is 5.69 Å². The Morgan fingerprint density at radius 3 is 2.44 bits per heavy atom. The number of halogens is 1. The molecule has 1 aromatic carbocycles. The van der Waals surface area contributed by atoms with Crippen LogP contribution in [0.3, 0.4) is 0 Å². The molecule has 0 radical (unpaired) electrons. The minimum Gasteiger partial charge on any atom is -0.382 e. The van der Waals surface area contributed by atoms with E-state index in [2.05, 4.69) is 10.2 Å². The number of nitrogens with zero attached hydrogens (tertiary/aromatic N) is 2. The van der Waals surface area contributed by atoms with Crippen LogP contribution in [-0.4, -0.2) is 10.2 Å². The Hall–Kier alpha value is -1.97. The third-order valence-electron chi connectivity index (χ3n) is 2.37. The molecule has 0 unspecified atom stereocenters. The molecule has 1 aromatic heterocycles. The maximum absolute atomic E-state index is 13.8. The molecule has 3 nitrogen and oxygen atoms in total. The quantitative estimate of drug-likeness (QED) is 0.798. The second-order valence-electron chi connectivity index (χ2n) is 3.78. The number of aryl methyl sites for hydroxylation is 2. The van der Waals surface area contributed by atoms with Gasteiger partial charge in [-0.3, -0.25) is 0 Å². The summed E-state index contributed by atoms with van der Waals surface area (Å²) in [4.78, 5) is 0. The number of hydrogen-bond acceptors (Lipinski definition) is 3. The van der Waals surface area contributed by atoms with Crippen LogP contribution in [0, 0.1) is 19.7 Å². The van der Waals surface area contributed by atoms with Crippen molar-refractivity contribution in [1.82, 2.24) is 10.2 Å². The minimum absolute atomic E-state index is 0.281. The molecule has 2 aromatic rings. The lowest BCUT2D eigenvalue weighted by Crippen LogP contribution is -1.97. The summed E-state index contributed by atoms with van der Waals surface area (Å²) >= 11 is 0. The lowest BCUT2D eigenvalue weighted by molar-refractivity contribution is 0.628. The Morgan fingerprint density at radius 2 is 1.88 bits per heavy atom. The van der Waals surface area contributed by atoms with Crippen LogP contribution in [0.25, 0.3) is 11.3 Å². The van der Waals surface area contributed by atoms with Crippen LogP contribution < -0.4 is 5.73 Å². The van der Waals surface area contributed by atoms with E-state index in [-0.39, 0.29) is 5.82 Å². The Morgan fingerprint density at radius 1 is 1.12 bits per heavy atom. The molecular weight excluding hydrogens is 205 g/mol. The number of benzene rings is 1. The van der Waals surface area contributed by atoms with Gasteiger partial charge < -0.3 is 5.73 Å². The third kappa shape index (κ3) is 1.86. The molecule has 0 spiro atoms. The topological polar surface area (TPSA) is 51.8 Å². The fourth-order valence-corrected chi connectivity index (χ4v) is 1.72. The van der Waals surface area contributed by atoms with Crippen molar-refractivity contribution in [2.75, 3.05) is 5.73 Å². The summed E-state index contributed by atoms with van der Waals surface area (Å²) < 4.78 is 13.8. The Labute approximate surface area is 93.1 Å². The zero-order valence-corrected chi connectivity index (χ0v) is 9.16. The number of nitrogen functional groups attached to an aromatic ring is 1. The van der Waals surface area contributed by atoms with Crippen LogP contribution >= 0.6 is 0 Å². The van der Waals surface area contributed by atoms with Crippen LogP contribution in [-0.2, 0) is 0 Å². The molecule has 82 valence electrons. The Balaban J connectivity index is 2.60. The van der Waals surface area contributed by atoms with Crippen LogP contribution in [0.2, 0.25) is 0 Å². The van der Waals surface area contributed by atoms with E-state index in [0.717, 1.165) is 11.1 Å². The van der Waals surface area contributed by atoms with Gasteiger partial charge in [0.1, 0.15) is 11.6 Å². The molecule has 0 amide bonds. The average Bonchev–Trinajstić information content (AvgIpc) is 2.19. The highest BCUT2D eigenvalue weighted by Gasteiger charge is 2.10. The molecule has 0 bridgehead atoms. The van der Waals surface area contributed by atoms with Gasteiger partial charge in [-0.05, 0) is 43.2 Å². The van der Waals surface area contributed by atoms with E-state index in [4.69, 9.17) is 5.73 Å². The van der Waals surface area contributed by atoms with E-state index in [1.54, 1.807) is 12.1 Å². The summed E-state index contributed by atoms with van der Waals surface area (Å²) in [5, 5.41) is 7.61. The molecular formula is C12H12FN3. The molecule has 0 atom stereocenters. The molecule has 0 saturated heterocycles. The molecule has 4 heteroatoms. The minimum atomic E-state index is -0.281. The van der Waals surface area contributed by atoms with E-state index in [1.807, 2.05) is 19.9 Å². The van der Waals surface area contributed by atoms with E-state index in [1.165, 1.54) is 6.07 Å². The normalized spacial score (nSPS) is 10.4. The van der Waals surface area contributed by atoms with Crippen molar-refractivity contribution in [3.05, 3.63) is 41.2 Å². The van der Waals surface area contributed by atoms with Crippen molar-refractivity contribution in [2.24, 2.45) is 0 Å². The van der Waals surface area contributed by atoms with Gasteiger partial charge in [-0.15, -0.1) is 10.2 Å². The van der Waals surface area contributed by atoms with Gasteiger partial charge in [0.15, 0.2) is 0 Å². The first-order valence-corrected chi connectivity index (χ1v) is 4.94. The second kappa shape index (κ2) is 3.89. The van der Waals surface area contributed by atoms with E-state index in [9.17, 15) is 4.39 Å². The van der Waals surface area contributed by atoms with Crippen LogP contribution in [0.1, 0.15) is 11.1 Å².